The molecular weight excluding hydrogens is 108 g/mol. The van der Waals surface area contributed by atoms with Gasteiger partial charge in [-0.1, -0.05) is 0 Å². The van der Waals surface area contributed by atoms with E-state index < -0.39 is 0 Å². The zero-order valence-electron chi connectivity index (χ0n) is 4.13. The molecule has 0 spiro atoms. The molecule has 1 aromatic rings. The SMILES string of the molecule is OCc1ncc(O)[nH]1. The summed E-state index contributed by atoms with van der Waals surface area (Å²) in [5.41, 5.74) is 0. The van der Waals surface area contributed by atoms with E-state index in [1.54, 1.807) is 0 Å². The van der Waals surface area contributed by atoms with Crippen LogP contribution in [-0.2, 0) is 6.61 Å². The Morgan fingerprint density at radius 3 is 2.75 bits per heavy atom. The number of nitrogens with one attached hydrogen (secondary N) is 1. The second-order valence-electron chi connectivity index (χ2n) is 1.37. The number of nitrogens with zero attached hydrogens (tertiary/aromatic N) is 1. The van der Waals surface area contributed by atoms with Crippen molar-refractivity contribution in [3.8, 4) is 5.88 Å². The summed E-state index contributed by atoms with van der Waals surface area (Å²) in [6, 6.07) is 0. The molecule has 3 N–H and O–H groups in total. The maximum Gasteiger partial charge on any atom is 0.208 e. The molecule has 0 unspecified atom stereocenters. The third-order valence-corrected chi connectivity index (χ3v) is 0.765. The van der Waals surface area contributed by atoms with Gasteiger partial charge in [-0.2, -0.15) is 0 Å². The Morgan fingerprint density at radius 2 is 2.50 bits per heavy atom. The molecule has 0 saturated carbocycles. The van der Waals surface area contributed by atoms with E-state index in [-0.39, 0.29) is 12.5 Å². The molecule has 1 heterocycles. The molecule has 8 heavy (non-hydrogen) atoms. The van der Waals surface area contributed by atoms with E-state index in [2.05, 4.69) is 9.97 Å². The summed E-state index contributed by atoms with van der Waals surface area (Å²) in [4.78, 5) is 6.00. The van der Waals surface area contributed by atoms with Gasteiger partial charge in [0.05, 0.1) is 6.20 Å². The molecule has 1 rings (SSSR count). The van der Waals surface area contributed by atoms with Crippen LogP contribution in [0.3, 0.4) is 0 Å². The molecule has 44 valence electrons. The van der Waals surface area contributed by atoms with Gasteiger partial charge in [0.1, 0.15) is 12.4 Å². The van der Waals surface area contributed by atoms with Gasteiger partial charge in [0.2, 0.25) is 5.88 Å². The second kappa shape index (κ2) is 1.83. The number of aliphatic hydroxyl groups is 1. The summed E-state index contributed by atoms with van der Waals surface area (Å²) in [5, 5.41) is 16.9. The molecule has 0 aliphatic carbocycles. The van der Waals surface area contributed by atoms with Gasteiger partial charge in [-0.3, -0.25) is 0 Å². The van der Waals surface area contributed by atoms with E-state index in [9.17, 15) is 0 Å². The van der Waals surface area contributed by atoms with Gasteiger partial charge in [-0.15, -0.1) is 0 Å². The second-order valence-corrected chi connectivity index (χ2v) is 1.37. The van der Waals surface area contributed by atoms with Gasteiger partial charge in [0.15, 0.2) is 0 Å². The molecule has 0 atom stereocenters. The minimum Gasteiger partial charge on any atom is -0.493 e. The lowest BCUT2D eigenvalue weighted by atomic mass is 10.7. The van der Waals surface area contributed by atoms with Crippen molar-refractivity contribution in [2.24, 2.45) is 0 Å². The number of hydrogen-bond acceptors (Lipinski definition) is 3. The molecule has 1 aromatic heterocycles. The van der Waals surface area contributed by atoms with Crippen LogP contribution < -0.4 is 0 Å². The standard InChI is InChI=1S/C4H6N2O2/c7-2-3-5-1-4(8)6-3/h1,7-8H,2H2,(H,5,6). The van der Waals surface area contributed by atoms with Crippen LogP contribution in [0, 0.1) is 0 Å². The average Bonchev–Trinajstić information content (AvgIpc) is 2.14. The van der Waals surface area contributed by atoms with Crippen LogP contribution in [0.25, 0.3) is 0 Å². The van der Waals surface area contributed by atoms with E-state index >= 15 is 0 Å². The summed E-state index contributed by atoms with van der Waals surface area (Å²) < 4.78 is 0. The number of aliphatic hydroxyl groups excluding tert-OH is 1. The largest absolute Gasteiger partial charge is 0.493 e. The molecule has 0 saturated heterocycles. The van der Waals surface area contributed by atoms with Crippen molar-refractivity contribution >= 4 is 0 Å². The first kappa shape index (κ1) is 5.11. The van der Waals surface area contributed by atoms with Crippen molar-refractivity contribution < 1.29 is 10.2 Å². The minimum absolute atomic E-state index is 0.0194. The predicted octanol–water partition coefficient (Wildman–Crippen LogP) is -0.392. The van der Waals surface area contributed by atoms with E-state index in [0.717, 1.165) is 0 Å². The summed E-state index contributed by atoms with van der Waals surface area (Å²) in [5.74, 6) is 0.358. The molecule has 0 aromatic carbocycles. The highest BCUT2D eigenvalue weighted by molar-refractivity contribution is 5.03. The molecule has 0 amide bonds. The van der Waals surface area contributed by atoms with E-state index in [1.165, 1.54) is 6.20 Å². The fourth-order valence-electron chi connectivity index (χ4n) is 0.432. The van der Waals surface area contributed by atoms with Gasteiger partial charge in [-0.05, 0) is 0 Å². The van der Waals surface area contributed by atoms with Crippen molar-refractivity contribution in [1.29, 1.82) is 0 Å². The Labute approximate surface area is 45.8 Å². The first-order valence-electron chi connectivity index (χ1n) is 2.16. The van der Waals surface area contributed by atoms with Crippen molar-refractivity contribution in [3.05, 3.63) is 12.0 Å². The van der Waals surface area contributed by atoms with Gasteiger partial charge in [-0.25, -0.2) is 4.98 Å². The number of imidazole rings is 1. The van der Waals surface area contributed by atoms with Crippen molar-refractivity contribution in [1.82, 2.24) is 9.97 Å². The highest BCUT2D eigenvalue weighted by atomic mass is 16.3. The highest BCUT2D eigenvalue weighted by Crippen LogP contribution is 2.01. The minimum atomic E-state index is -0.166. The smallest absolute Gasteiger partial charge is 0.208 e. The maximum absolute atomic E-state index is 8.56. The average molecular weight is 114 g/mol. The number of H-pyrrole nitrogens is 1. The Balaban J connectivity index is 2.84. The highest BCUT2D eigenvalue weighted by Gasteiger charge is 1.92. The summed E-state index contributed by atoms with van der Waals surface area (Å²) in [6.45, 7) is -0.166. The van der Waals surface area contributed by atoms with Crippen molar-refractivity contribution in [3.63, 3.8) is 0 Å². The third kappa shape index (κ3) is 0.788. The maximum atomic E-state index is 8.56. The number of aromatic nitrogens is 2. The molecule has 0 radical (unpaired) electrons. The first-order valence-corrected chi connectivity index (χ1v) is 2.16. The number of aromatic amines is 1. The van der Waals surface area contributed by atoms with Gasteiger partial charge >= 0.3 is 0 Å². The topological polar surface area (TPSA) is 69.1 Å². The van der Waals surface area contributed by atoms with Crippen LogP contribution in [0.15, 0.2) is 6.20 Å². The van der Waals surface area contributed by atoms with E-state index in [0.29, 0.717) is 5.82 Å². The van der Waals surface area contributed by atoms with Crippen LogP contribution in [-0.4, -0.2) is 20.2 Å². The van der Waals surface area contributed by atoms with Crippen LogP contribution in [0.1, 0.15) is 5.82 Å². The monoisotopic (exact) mass is 114 g/mol. The lowest BCUT2D eigenvalue weighted by Crippen LogP contribution is -1.82. The Kier molecular flexibility index (Phi) is 1.17. The fraction of sp³-hybridized carbons (Fsp3) is 0.250. The molecule has 4 heteroatoms. The van der Waals surface area contributed by atoms with Crippen LogP contribution >= 0.6 is 0 Å². The van der Waals surface area contributed by atoms with E-state index in [4.69, 9.17) is 10.2 Å². The quantitative estimate of drug-likeness (QED) is 0.465. The predicted molar refractivity (Wildman–Crippen MR) is 26.2 cm³/mol. The zero-order valence-corrected chi connectivity index (χ0v) is 4.13. The van der Waals surface area contributed by atoms with Crippen LogP contribution in [0.4, 0.5) is 0 Å². The number of rotatable bonds is 1. The molecule has 0 fully saturated rings. The summed E-state index contributed by atoms with van der Waals surface area (Å²) in [7, 11) is 0. The molecular formula is C4H6N2O2. The Bertz CT molecular complexity index is 172. The zero-order chi connectivity index (χ0) is 5.98. The summed E-state index contributed by atoms with van der Waals surface area (Å²) in [6.07, 6.45) is 1.24. The molecule has 0 aliphatic rings. The van der Waals surface area contributed by atoms with Crippen molar-refractivity contribution in [2.75, 3.05) is 0 Å². The summed E-state index contributed by atoms with van der Waals surface area (Å²) >= 11 is 0. The molecule has 4 nitrogen and oxygen atoms in total. The normalized spacial score (nSPS) is 9.62. The van der Waals surface area contributed by atoms with Crippen molar-refractivity contribution in [2.45, 2.75) is 6.61 Å². The van der Waals surface area contributed by atoms with Gasteiger partial charge in [0.25, 0.3) is 0 Å². The number of hydrogen-bond donors (Lipinski definition) is 3. The third-order valence-electron chi connectivity index (χ3n) is 0.765. The van der Waals surface area contributed by atoms with Crippen LogP contribution in [0.2, 0.25) is 0 Å². The number of aromatic hydroxyl groups is 1. The molecule has 0 bridgehead atoms. The lowest BCUT2D eigenvalue weighted by molar-refractivity contribution is 0.271. The fourth-order valence-corrected chi connectivity index (χ4v) is 0.432. The van der Waals surface area contributed by atoms with Gasteiger partial charge < -0.3 is 15.2 Å². The Hall–Kier alpha value is -1.03. The Morgan fingerprint density at radius 1 is 1.75 bits per heavy atom. The first-order chi connectivity index (χ1) is 3.83. The molecule has 0 aliphatic heterocycles. The van der Waals surface area contributed by atoms with E-state index in [1.807, 2.05) is 0 Å². The van der Waals surface area contributed by atoms with Gasteiger partial charge in [0, 0.05) is 0 Å². The lowest BCUT2D eigenvalue weighted by Gasteiger charge is -1.81. The van der Waals surface area contributed by atoms with Crippen LogP contribution in [0.5, 0.6) is 5.88 Å².